The van der Waals surface area contributed by atoms with E-state index in [2.05, 4.69) is 26.0 Å². The molecule has 2 aromatic rings. The van der Waals surface area contributed by atoms with Gasteiger partial charge in [0.25, 0.3) is 0 Å². The Balaban J connectivity index is 1.75. The zero-order valence-electron chi connectivity index (χ0n) is 14.0. The Bertz CT molecular complexity index is 838. The molecule has 2 rings (SSSR count). The molecule has 0 atom stereocenters. The topological polar surface area (TPSA) is 75.3 Å². The number of carbonyl (C=O) groups excluding carboxylic acids is 1. The zero-order chi connectivity index (χ0) is 18.3. The lowest BCUT2D eigenvalue weighted by molar-refractivity contribution is -0.120. The Hall–Kier alpha value is -1.70. The third kappa shape index (κ3) is 5.95. The number of sulfonamides is 1. The molecule has 25 heavy (non-hydrogen) atoms. The summed E-state index contributed by atoms with van der Waals surface area (Å²) < 4.78 is 27.3. The summed E-state index contributed by atoms with van der Waals surface area (Å²) in [5.41, 5.74) is 2.38. The van der Waals surface area contributed by atoms with Gasteiger partial charge in [0.1, 0.15) is 0 Å². The van der Waals surface area contributed by atoms with E-state index in [1.54, 1.807) is 18.2 Å². The predicted octanol–water partition coefficient (Wildman–Crippen LogP) is 2.78. The summed E-state index contributed by atoms with van der Waals surface area (Å²) in [5.74, 6) is -0.177. The average Bonchev–Trinajstić information content (AvgIpc) is 2.56. The minimum Gasteiger partial charge on any atom is -0.356 e. The fourth-order valence-electron chi connectivity index (χ4n) is 2.35. The Morgan fingerprint density at radius 3 is 2.44 bits per heavy atom. The molecule has 0 spiro atoms. The number of aryl methyl sites for hydroxylation is 1. The quantitative estimate of drug-likeness (QED) is 0.683. The van der Waals surface area contributed by atoms with Crippen LogP contribution in [0.1, 0.15) is 17.5 Å². The summed E-state index contributed by atoms with van der Waals surface area (Å²) in [7, 11) is -3.63. The van der Waals surface area contributed by atoms with E-state index in [-0.39, 0.29) is 23.8 Å². The largest absolute Gasteiger partial charge is 0.356 e. The third-order valence-electron chi connectivity index (χ3n) is 3.75. The van der Waals surface area contributed by atoms with Crippen LogP contribution in [-0.4, -0.2) is 27.4 Å². The molecule has 0 aliphatic heterocycles. The molecule has 7 heteroatoms. The summed E-state index contributed by atoms with van der Waals surface area (Å²) in [4.78, 5) is 12.0. The number of rotatable bonds is 8. The van der Waals surface area contributed by atoms with Gasteiger partial charge in [0.2, 0.25) is 15.9 Å². The van der Waals surface area contributed by atoms with Crippen LogP contribution in [-0.2, 0) is 21.2 Å². The van der Waals surface area contributed by atoms with Gasteiger partial charge in [-0.3, -0.25) is 4.79 Å². The molecule has 2 aromatic carbocycles. The minimum absolute atomic E-state index is 0.0554. The SMILES string of the molecule is Cc1ccccc1CCNC(=O)CCNS(=O)(=O)c1ccccc1Br. The lowest BCUT2D eigenvalue weighted by Gasteiger charge is -2.09. The van der Waals surface area contributed by atoms with Crippen molar-refractivity contribution < 1.29 is 13.2 Å². The van der Waals surface area contributed by atoms with Crippen LogP contribution in [0.15, 0.2) is 57.9 Å². The van der Waals surface area contributed by atoms with Crippen LogP contribution in [0.5, 0.6) is 0 Å². The first-order valence-corrected chi connectivity index (χ1v) is 10.2. The van der Waals surface area contributed by atoms with E-state index in [1.165, 1.54) is 17.2 Å². The number of carbonyl (C=O) groups is 1. The normalized spacial score (nSPS) is 11.3. The van der Waals surface area contributed by atoms with E-state index in [4.69, 9.17) is 0 Å². The Morgan fingerprint density at radius 2 is 1.72 bits per heavy atom. The molecule has 0 unspecified atom stereocenters. The number of hydrogen-bond acceptors (Lipinski definition) is 3. The van der Waals surface area contributed by atoms with Crippen LogP contribution in [0.3, 0.4) is 0 Å². The highest BCUT2D eigenvalue weighted by Gasteiger charge is 2.16. The molecule has 0 aliphatic rings. The predicted molar refractivity (Wildman–Crippen MR) is 102 cm³/mol. The lowest BCUT2D eigenvalue weighted by Crippen LogP contribution is -2.31. The highest BCUT2D eigenvalue weighted by molar-refractivity contribution is 9.10. The molecule has 0 heterocycles. The minimum atomic E-state index is -3.63. The summed E-state index contributed by atoms with van der Waals surface area (Å²) >= 11 is 3.22. The van der Waals surface area contributed by atoms with Gasteiger partial charge in [-0.25, -0.2) is 13.1 Å². The average molecular weight is 425 g/mol. The molecule has 0 saturated heterocycles. The van der Waals surface area contributed by atoms with E-state index in [1.807, 2.05) is 31.2 Å². The maximum absolute atomic E-state index is 12.2. The lowest BCUT2D eigenvalue weighted by atomic mass is 10.1. The van der Waals surface area contributed by atoms with Crippen LogP contribution in [0.25, 0.3) is 0 Å². The van der Waals surface area contributed by atoms with Gasteiger partial charge in [0.05, 0.1) is 4.90 Å². The van der Waals surface area contributed by atoms with Crippen molar-refractivity contribution in [1.29, 1.82) is 0 Å². The summed E-state index contributed by atoms with van der Waals surface area (Å²) in [6.07, 6.45) is 0.846. The zero-order valence-corrected chi connectivity index (χ0v) is 16.4. The van der Waals surface area contributed by atoms with Crippen LogP contribution < -0.4 is 10.0 Å². The second-order valence-corrected chi connectivity index (χ2v) is 8.19. The van der Waals surface area contributed by atoms with Gasteiger partial charge in [0, 0.05) is 24.0 Å². The molecule has 134 valence electrons. The van der Waals surface area contributed by atoms with Crippen molar-refractivity contribution in [3.05, 3.63) is 64.1 Å². The molecule has 1 amide bonds. The molecule has 0 fully saturated rings. The smallest absolute Gasteiger partial charge is 0.241 e. The number of benzene rings is 2. The van der Waals surface area contributed by atoms with Crippen LogP contribution in [0, 0.1) is 6.92 Å². The van der Waals surface area contributed by atoms with E-state index in [0.717, 1.165) is 6.42 Å². The maximum atomic E-state index is 12.2. The van der Waals surface area contributed by atoms with Crippen molar-refractivity contribution >= 4 is 31.9 Å². The monoisotopic (exact) mass is 424 g/mol. The Labute approximate surface area is 157 Å². The van der Waals surface area contributed by atoms with Gasteiger partial charge in [-0.2, -0.15) is 0 Å². The van der Waals surface area contributed by atoms with Crippen molar-refractivity contribution in [2.24, 2.45) is 0 Å². The molecule has 0 aromatic heterocycles. The number of amides is 1. The van der Waals surface area contributed by atoms with Gasteiger partial charge < -0.3 is 5.32 Å². The van der Waals surface area contributed by atoms with Crippen molar-refractivity contribution in [3.63, 3.8) is 0 Å². The number of nitrogens with one attached hydrogen (secondary N) is 2. The van der Waals surface area contributed by atoms with E-state index >= 15 is 0 Å². The molecule has 0 radical (unpaired) electrons. The fraction of sp³-hybridized carbons (Fsp3) is 0.278. The summed E-state index contributed by atoms with van der Waals surface area (Å²) in [6.45, 7) is 2.62. The van der Waals surface area contributed by atoms with E-state index in [0.29, 0.717) is 11.0 Å². The highest BCUT2D eigenvalue weighted by Crippen LogP contribution is 2.20. The van der Waals surface area contributed by atoms with Crippen molar-refractivity contribution in [2.45, 2.75) is 24.7 Å². The van der Waals surface area contributed by atoms with Gasteiger partial charge in [-0.15, -0.1) is 0 Å². The summed E-state index contributed by atoms with van der Waals surface area (Å²) in [5, 5.41) is 2.81. The molecular formula is C18H21BrN2O3S. The van der Waals surface area contributed by atoms with Crippen LogP contribution >= 0.6 is 15.9 Å². The second kappa shape index (κ2) is 9.12. The van der Waals surface area contributed by atoms with Crippen LogP contribution in [0.2, 0.25) is 0 Å². The fourth-order valence-corrected chi connectivity index (χ4v) is 4.39. The number of hydrogen-bond donors (Lipinski definition) is 2. The van der Waals surface area contributed by atoms with Crippen molar-refractivity contribution in [2.75, 3.05) is 13.1 Å². The third-order valence-corrected chi connectivity index (χ3v) is 6.22. The van der Waals surface area contributed by atoms with Gasteiger partial charge in [-0.05, 0) is 52.5 Å². The van der Waals surface area contributed by atoms with Gasteiger partial charge in [-0.1, -0.05) is 36.4 Å². The van der Waals surface area contributed by atoms with Crippen molar-refractivity contribution in [1.82, 2.24) is 10.0 Å². The Kier molecular flexibility index (Phi) is 7.16. The second-order valence-electron chi connectivity index (χ2n) is 5.60. The number of halogens is 1. The van der Waals surface area contributed by atoms with E-state index in [9.17, 15) is 13.2 Å². The molecule has 0 bridgehead atoms. The van der Waals surface area contributed by atoms with Crippen LogP contribution in [0.4, 0.5) is 0 Å². The first kappa shape index (κ1) is 19.6. The molecular weight excluding hydrogens is 404 g/mol. The maximum Gasteiger partial charge on any atom is 0.241 e. The molecule has 0 saturated carbocycles. The molecule has 2 N–H and O–H groups in total. The standard InChI is InChI=1S/C18H21BrN2O3S/c1-14-6-2-3-7-15(14)10-12-20-18(22)11-13-21-25(23,24)17-9-5-4-8-16(17)19/h2-9,21H,10-13H2,1H3,(H,20,22). The molecule has 5 nitrogen and oxygen atoms in total. The first-order valence-electron chi connectivity index (χ1n) is 7.95. The summed E-state index contributed by atoms with van der Waals surface area (Å²) in [6, 6.07) is 14.6. The van der Waals surface area contributed by atoms with Crippen molar-refractivity contribution in [3.8, 4) is 0 Å². The van der Waals surface area contributed by atoms with Gasteiger partial charge in [0.15, 0.2) is 0 Å². The van der Waals surface area contributed by atoms with Gasteiger partial charge >= 0.3 is 0 Å². The van der Waals surface area contributed by atoms with E-state index < -0.39 is 10.0 Å². The first-order chi connectivity index (χ1) is 11.9. The highest BCUT2D eigenvalue weighted by atomic mass is 79.9. The Morgan fingerprint density at radius 1 is 1.04 bits per heavy atom. The molecule has 0 aliphatic carbocycles.